The standard InChI is InChI=1S/C17H14O2/c1-19-13-8-6-12(7-9-13)14-10-11-17(18)16-5-3-2-4-15(14)16/h2-11,18H,1H3. The summed E-state index contributed by atoms with van der Waals surface area (Å²) >= 11 is 0. The summed E-state index contributed by atoms with van der Waals surface area (Å²) in [5.41, 5.74) is 2.22. The molecule has 19 heavy (non-hydrogen) atoms. The smallest absolute Gasteiger partial charge is 0.123 e. The molecule has 0 saturated carbocycles. The Balaban J connectivity index is 2.21. The van der Waals surface area contributed by atoms with Gasteiger partial charge in [0.2, 0.25) is 0 Å². The number of benzene rings is 3. The van der Waals surface area contributed by atoms with Crippen LogP contribution in [0.25, 0.3) is 21.9 Å². The molecule has 0 radical (unpaired) electrons. The van der Waals surface area contributed by atoms with Crippen LogP contribution in [0.1, 0.15) is 0 Å². The second kappa shape index (κ2) is 4.65. The predicted molar refractivity (Wildman–Crippen MR) is 77.6 cm³/mol. The highest BCUT2D eigenvalue weighted by Crippen LogP contribution is 2.34. The SMILES string of the molecule is COc1ccc(-c2ccc(O)c3ccccc23)cc1. The molecule has 0 aliphatic carbocycles. The second-order valence-corrected chi connectivity index (χ2v) is 4.41. The lowest BCUT2D eigenvalue weighted by Gasteiger charge is -2.09. The molecule has 1 N–H and O–H groups in total. The Morgan fingerprint density at radius 3 is 2.16 bits per heavy atom. The van der Waals surface area contributed by atoms with Gasteiger partial charge < -0.3 is 9.84 Å². The van der Waals surface area contributed by atoms with E-state index in [2.05, 4.69) is 0 Å². The summed E-state index contributed by atoms with van der Waals surface area (Å²) in [6.45, 7) is 0. The number of phenolic OH excluding ortho intramolecular Hbond substituents is 1. The van der Waals surface area contributed by atoms with Crippen molar-refractivity contribution in [2.75, 3.05) is 7.11 Å². The fourth-order valence-electron chi connectivity index (χ4n) is 2.31. The van der Waals surface area contributed by atoms with E-state index in [9.17, 15) is 5.11 Å². The van der Waals surface area contributed by atoms with E-state index in [4.69, 9.17) is 4.74 Å². The van der Waals surface area contributed by atoms with Gasteiger partial charge in [0.05, 0.1) is 7.11 Å². The van der Waals surface area contributed by atoms with Crippen LogP contribution in [0, 0.1) is 0 Å². The molecule has 2 nitrogen and oxygen atoms in total. The van der Waals surface area contributed by atoms with Gasteiger partial charge in [-0.2, -0.15) is 0 Å². The molecule has 0 aromatic heterocycles. The average Bonchev–Trinajstić information content (AvgIpc) is 2.48. The molecule has 0 saturated heterocycles. The maximum absolute atomic E-state index is 9.90. The lowest BCUT2D eigenvalue weighted by Crippen LogP contribution is -1.84. The molecule has 94 valence electrons. The van der Waals surface area contributed by atoms with Crippen LogP contribution in [-0.4, -0.2) is 12.2 Å². The summed E-state index contributed by atoms with van der Waals surface area (Å²) < 4.78 is 5.17. The summed E-state index contributed by atoms with van der Waals surface area (Å²) in [6, 6.07) is 19.5. The highest BCUT2D eigenvalue weighted by Gasteiger charge is 2.06. The minimum atomic E-state index is 0.313. The number of aromatic hydroxyl groups is 1. The number of hydrogen-bond donors (Lipinski definition) is 1. The van der Waals surface area contributed by atoms with Gasteiger partial charge in [0.1, 0.15) is 11.5 Å². The zero-order valence-corrected chi connectivity index (χ0v) is 10.6. The van der Waals surface area contributed by atoms with Gasteiger partial charge >= 0.3 is 0 Å². The molecule has 0 amide bonds. The average molecular weight is 250 g/mol. The third-order valence-electron chi connectivity index (χ3n) is 3.30. The van der Waals surface area contributed by atoms with Crippen molar-refractivity contribution >= 4 is 10.8 Å². The van der Waals surface area contributed by atoms with Crippen LogP contribution in [-0.2, 0) is 0 Å². The summed E-state index contributed by atoms with van der Waals surface area (Å²) in [6.07, 6.45) is 0. The van der Waals surface area contributed by atoms with Gasteiger partial charge in [-0.3, -0.25) is 0 Å². The highest BCUT2D eigenvalue weighted by molar-refractivity contribution is 5.99. The quantitative estimate of drug-likeness (QED) is 0.737. The number of phenols is 1. The minimum Gasteiger partial charge on any atom is -0.507 e. The Labute approximate surface area is 111 Å². The molecular weight excluding hydrogens is 236 g/mol. The summed E-state index contributed by atoms with van der Waals surface area (Å²) in [5.74, 6) is 1.15. The van der Waals surface area contributed by atoms with Crippen molar-refractivity contribution in [1.82, 2.24) is 0 Å². The van der Waals surface area contributed by atoms with Gasteiger partial charge in [0.15, 0.2) is 0 Å². The summed E-state index contributed by atoms with van der Waals surface area (Å²) in [7, 11) is 1.66. The molecule has 0 atom stereocenters. The monoisotopic (exact) mass is 250 g/mol. The van der Waals surface area contributed by atoms with E-state index in [1.54, 1.807) is 13.2 Å². The lowest BCUT2D eigenvalue weighted by molar-refractivity contribution is 0.415. The van der Waals surface area contributed by atoms with E-state index in [1.807, 2.05) is 54.6 Å². The van der Waals surface area contributed by atoms with E-state index in [0.29, 0.717) is 5.75 Å². The van der Waals surface area contributed by atoms with Crippen molar-refractivity contribution in [3.8, 4) is 22.6 Å². The van der Waals surface area contributed by atoms with Gasteiger partial charge in [-0.15, -0.1) is 0 Å². The van der Waals surface area contributed by atoms with Crippen LogP contribution >= 0.6 is 0 Å². The van der Waals surface area contributed by atoms with Crippen LogP contribution < -0.4 is 4.74 Å². The molecule has 2 heteroatoms. The van der Waals surface area contributed by atoms with Crippen LogP contribution in [0.3, 0.4) is 0 Å². The van der Waals surface area contributed by atoms with E-state index in [1.165, 1.54) is 0 Å². The Morgan fingerprint density at radius 1 is 0.789 bits per heavy atom. The van der Waals surface area contributed by atoms with Crippen LogP contribution in [0.2, 0.25) is 0 Å². The summed E-state index contributed by atoms with van der Waals surface area (Å²) in [4.78, 5) is 0. The molecule has 3 aromatic carbocycles. The Kier molecular flexibility index (Phi) is 2.84. The summed E-state index contributed by atoms with van der Waals surface area (Å²) in [5, 5.41) is 11.8. The molecule has 3 aromatic rings. The molecule has 0 aliphatic heterocycles. The number of hydrogen-bond acceptors (Lipinski definition) is 2. The molecule has 0 unspecified atom stereocenters. The zero-order valence-electron chi connectivity index (χ0n) is 10.6. The van der Waals surface area contributed by atoms with Crippen molar-refractivity contribution in [3.63, 3.8) is 0 Å². The number of fused-ring (bicyclic) bond motifs is 1. The molecular formula is C17H14O2. The first kappa shape index (κ1) is 11.6. The first-order valence-corrected chi connectivity index (χ1v) is 6.15. The van der Waals surface area contributed by atoms with Crippen LogP contribution in [0.4, 0.5) is 0 Å². The van der Waals surface area contributed by atoms with Gasteiger partial charge in [0, 0.05) is 5.39 Å². The predicted octanol–water partition coefficient (Wildman–Crippen LogP) is 4.22. The number of methoxy groups -OCH3 is 1. The normalized spacial score (nSPS) is 10.6. The largest absolute Gasteiger partial charge is 0.507 e. The van der Waals surface area contributed by atoms with Gasteiger partial charge in [-0.05, 0) is 34.7 Å². The van der Waals surface area contributed by atoms with Crippen molar-refractivity contribution in [1.29, 1.82) is 0 Å². The Morgan fingerprint density at radius 2 is 1.47 bits per heavy atom. The fourth-order valence-corrected chi connectivity index (χ4v) is 2.31. The first-order valence-electron chi connectivity index (χ1n) is 6.15. The molecule has 0 spiro atoms. The molecule has 0 bridgehead atoms. The van der Waals surface area contributed by atoms with Crippen LogP contribution in [0.5, 0.6) is 11.5 Å². The zero-order chi connectivity index (χ0) is 13.2. The van der Waals surface area contributed by atoms with E-state index < -0.39 is 0 Å². The topological polar surface area (TPSA) is 29.5 Å². The molecule has 3 rings (SSSR count). The third kappa shape index (κ3) is 2.02. The van der Waals surface area contributed by atoms with Crippen molar-refractivity contribution in [3.05, 3.63) is 60.7 Å². The van der Waals surface area contributed by atoms with Gasteiger partial charge in [-0.1, -0.05) is 42.5 Å². The first-order chi connectivity index (χ1) is 9.29. The maximum Gasteiger partial charge on any atom is 0.123 e. The van der Waals surface area contributed by atoms with Crippen molar-refractivity contribution < 1.29 is 9.84 Å². The van der Waals surface area contributed by atoms with Crippen molar-refractivity contribution in [2.45, 2.75) is 0 Å². The maximum atomic E-state index is 9.90. The third-order valence-corrected chi connectivity index (χ3v) is 3.30. The molecule has 0 heterocycles. The number of ether oxygens (including phenoxy) is 1. The Hall–Kier alpha value is -2.48. The van der Waals surface area contributed by atoms with E-state index in [-0.39, 0.29) is 0 Å². The second-order valence-electron chi connectivity index (χ2n) is 4.41. The molecule has 0 aliphatic rings. The minimum absolute atomic E-state index is 0.313. The van der Waals surface area contributed by atoms with Crippen LogP contribution in [0.15, 0.2) is 60.7 Å². The van der Waals surface area contributed by atoms with E-state index >= 15 is 0 Å². The number of rotatable bonds is 2. The van der Waals surface area contributed by atoms with Crippen molar-refractivity contribution in [2.24, 2.45) is 0 Å². The highest BCUT2D eigenvalue weighted by atomic mass is 16.5. The van der Waals surface area contributed by atoms with E-state index in [0.717, 1.165) is 27.6 Å². The lowest BCUT2D eigenvalue weighted by atomic mass is 9.98. The molecule has 0 fully saturated rings. The fraction of sp³-hybridized carbons (Fsp3) is 0.0588. The Bertz CT molecular complexity index is 715. The van der Waals surface area contributed by atoms with Gasteiger partial charge in [0.25, 0.3) is 0 Å². The van der Waals surface area contributed by atoms with Gasteiger partial charge in [-0.25, -0.2) is 0 Å².